The second-order valence-corrected chi connectivity index (χ2v) is 7.42. The normalized spacial score (nSPS) is 20.2. The first-order chi connectivity index (χ1) is 8.71. The van der Waals surface area contributed by atoms with Gasteiger partial charge in [0, 0.05) is 36.2 Å². The lowest BCUT2D eigenvalue weighted by molar-refractivity contribution is -0.137. The second kappa shape index (κ2) is 6.50. The summed E-state index contributed by atoms with van der Waals surface area (Å²) in [5.74, 6) is 0.0775. The van der Waals surface area contributed by atoms with E-state index in [-0.39, 0.29) is 24.5 Å². The van der Waals surface area contributed by atoms with Crippen molar-refractivity contribution in [1.29, 1.82) is 0 Å². The molecule has 6 heteroatoms. The number of amides is 2. The number of rotatable bonds is 3. The Bertz CT molecular complexity index is 341. The first-order valence-electron chi connectivity index (χ1n) is 6.61. The Kier molecular flexibility index (Phi) is 5.52. The smallest absolute Gasteiger partial charge is 0.320 e. The Morgan fingerprint density at radius 2 is 2.05 bits per heavy atom. The Morgan fingerprint density at radius 1 is 1.42 bits per heavy atom. The largest absolute Gasteiger partial charge is 0.481 e. The van der Waals surface area contributed by atoms with Crippen molar-refractivity contribution in [3.8, 4) is 0 Å². The Balaban J connectivity index is 2.73. The number of nitrogens with zero attached hydrogens (tertiary/aromatic N) is 2. The fourth-order valence-corrected chi connectivity index (χ4v) is 3.10. The summed E-state index contributed by atoms with van der Waals surface area (Å²) in [5.41, 5.74) is -0.361. The van der Waals surface area contributed by atoms with Crippen molar-refractivity contribution < 1.29 is 14.7 Å². The van der Waals surface area contributed by atoms with Gasteiger partial charge < -0.3 is 14.9 Å². The molecule has 5 nitrogen and oxygen atoms in total. The molecule has 110 valence electrons. The molecule has 1 fully saturated rings. The van der Waals surface area contributed by atoms with Crippen LogP contribution in [0.1, 0.15) is 34.1 Å². The Hall–Kier alpha value is -0.910. The van der Waals surface area contributed by atoms with Gasteiger partial charge in [-0.25, -0.2) is 4.79 Å². The molecule has 1 unspecified atom stereocenters. The van der Waals surface area contributed by atoms with Crippen LogP contribution in [-0.4, -0.2) is 63.1 Å². The van der Waals surface area contributed by atoms with E-state index in [2.05, 4.69) is 6.92 Å². The predicted molar refractivity (Wildman–Crippen MR) is 77.6 cm³/mol. The van der Waals surface area contributed by atoms with Gasteiger partial charge in [0.15, 0.2) is 0 Å². The molecule has 0 aromatic rings. The number of carbonyl (C=O) groups excluding carboxylic acids is 1. The highest BCUT2D eigenvalue weighted by Gasteiger charge is 2.32. The number of carbonyl (C=O) groups is 2. The van der Waals surface area contributed by atoms with Crippen LogP contribution in [0.2, 0.25) is 0 Å². The van der Waals surface area contributed by atoms with Crippen LogP contribution in [0.3, 0.4) is 0 Å². The third kappa shape index (κ3) is 4.93. The lowest BCUT2D eigenvalue weighted by atomic mass is 10.1. The van der Waals surface area contributed by atoms with Crippen LogP contribution in [0.25, 0.3) is 0 Å². The van der Waals surface area contributed by atoms with Gasteiger partial charge in [0.1, 0.15) is 0 Å². The van der Waals surface area contributed by atoms with Gasteiger partial charge in [-0.2, -0.15) is 11.8 Å². The monoisotopic (exact) mass is 288 g/mol. The van der Waals surface area contributed by atoms with Crippen molar-refractivity contribution in [3.63, 3.8) is 0 Å². The minimum absolute atomic E-state index is 0.0127. The quantitative estimate of drug-likeness (QED) is 0.864. The highest BCUT2D eigenvalue weighted by atomic mass is 32.2. The molecule has 1 aliphatic heterocycles. The van der Waals surface area contributed by atoms with Crippen LogP contribution >= 0.6 is 11.8 Å². The highest BCUT2D eigenvalue weighted by molar-refractivity contribution is 7.99. The molecule has 2 amide bonds. The number of carboxylic acid groups (broad SMARTS) is 1. The van der Waals surface area contributed by atoms with Crippen LogP contribution in [0.5, 0.6) is 0 Å². The summed E-state index contributed by atoms with van der Waals surface area (Å²) in [7, 11) is 0. The first kappa shape index (κ1) is 16.1. The number of carboxylic acids is 1. The van der Waals surface area contributed by atoms with Gasteiger partial charge in [-0.15, -0.1) is 0 Å². The van der Waals surface area contributed by atoms with E-state index in [4.69, 9.17) is 5.11 Å². The van der Waals surface area contributed by atoms with Crippen LogP contribution in [0.4, 0.5) is 4.79 Å². The molecule has 0 bridgehead atoms. The number of urea groups is 1. The van der Waals surface area contributed by atoms with Crippen molar-refractivity contribution >= 4 is 23.8 Å². The standard InChI is InChI=1S/C13H24N2O3S/c1-10-9-14(7-8-19-10)12(18)15(13(2,3)4)6-5-11(16)17/h10H,5-9H2,1-4H3,(H,16,17). The van der Waals surface area contributed by atoms with Gasteiger partial charge in [-0.3, -0.25) is 4.79 Å². The molecule has 1 aliphatic rings. The maximum atomic E-state index is 12.6. The zero-order chi connectivity index (χ0) is 14.6. The summed E-state index contributed by atoms with van der Waals surface area (Å²) in [6.45, 7) is 9.67. The van der Waals surface area contributed by atoms with Crippen molar-refractivity contribution in [2.75, 3.05) is 25.4 Å². The molecule has 0 spiro atoms. The lowest BCUT2D eigenvalue weighted by Crippen LogP contribution is -2.55. The number of aliphatic carboxylic acids is 1. The van der Waals surface area contributed by atoms with Crippen molar-refractivity contribution in [2.45, 2.75) is 44.9 Å². The van der Waals surface area contributed by atoms with E-state index < -0.39 is 5.97 Å². The van der Waals surface area contributed by atoms with E-state index in [1.54, 1.807) is 4.90 Å². The first-order valence-corrected chi connectivity index (χ1v) is 7.66. The van der Waals surface area contributed by atoms with E-state index >= 15 is 0 Å². The van der Waals surface area contributed by atoms with Gasteiger partial charge in [0.2, 0.25) is 0 Å². The summed E-state index contributed by atoms with van der Waals surface area (Å²) in [6.07, 6.45) is -0.0127. The molecular formula is C13H24N2O3S. The molecule has 1 heterocycles. The van der Waals surface area contributed by atoms with Crippen LogP contribution in [0.15, 0.2) is 0 Å². The fraction of sp³-hybridized carbons (Fsp3) is 0.846. The zero-order valence-corrected chi connectivity index (χ0v) is 13.0. The summed E-state index contributed by atoms with van der Waals surface area (Å²) >= 11 is 1.87. The maximum absolute atomic E-state index is 12.6. The SMILES string of the molecule is CC1CN(C(=O)N(CCC(=O)O)C(C)(C)C)CCS1. The molecule has 0 aliphatic carbocycles. The van der Waals surface area contributed by atoms with Crippen LogP contribution in [-0.2, 0) is 4.79 Å². The van der Waals surface area contributed by atoms with Gasteiger partial charge in [0.05, 0.1) is 6.42 Å². The third-order valence-corrected chi connectivity index (χ3v) is 4.24. The molecule has 0 aromatic heterocycles. The van der Waals surface area contributed by atoms with Gasteiger partial charge in [0.25, 0.3) is 0 Å². The molecule has 0 radical (unpaired) electrons. The van der Waals surface area contributed by atoms with Gasteiger partial charge >= 0.3 is 12.0 Å². The summed E-state index contributed by atoms with van der Waals surface area (Å²) in [4.78, 5) is 26.8. The molecule has 1 N–H and O–H groups in total. The topological polar surface area (TPSA) is 60.9 Å². The van der Waals surface area contributed by atoms with Crippen molar-refractivity contribution in [1.82, 2.24) is 9.80 Å². The molecular weight excluding hydrogens is 264 g/mol. The molecule has 0 aromatic carbocycles. The number of hydrogen-bond acceptors (Lipinski definition) is 3. The van der Waals surface area contributed by atoms with Crippen molar-refractivity contribution in [2.24, 2.45) is 0 Å². The minimum atomic E-state index is -0.871. The van der Waals surface area contributed by atoms with Crippen LogP contribution < -0.4 is 0 Å². The Labute approximate surface area is 119 Å². The molecule has 19 heavy (non-hydrogen) atoms. The predicted octanol–water partition coefficient (Wildman–Crippen LogP) is 2.12. The Morgan fingerprint density at radius 3 is 2.53 bits per heavy atom. The van der Waals surface area contributed by atoms with Gasteiger partial charge in [-0.1, -0.05) is 6.92 Å². The van der Waals surface area contributed by atoms with E-state index in [1.165, 1.54) is 0 Å². The van der Waals surface area contributed by atoms with E-state index in [0.29, 0.717) is 5.25 Å². The summed E-state index contributed by atoms with van der Waals surface area (Å²) in [6, 6.07) is -0.0408. The maximum Gasteiger partial charge on any atom is 0.320 e. The molecule has 1 saturated heterocycles. The number of thioether (sulfide) groups is 1. The average Bonchev–Trinajstić information content (AvgIpc) is 2.26. The highest BCUT2D eigenvalue weighted by Crippen LogP contribution is 2.22. The summed E-state index contributed by atoms with van der Waals surface area (Å²) in [5, 5.41) is 9.25. The van der Waals surface area contributed by atoms with E-state index in [1.807, 2.05) is 37.4 Å². The summed E-state index contributed by atoms with van der Waals surface area (Å²) < 4.78 is 0. The lowest BCUT2D eigenvalue weighted by Gasteiger charge is -2.41. The third-order valence-electron chi connectivity index (χ3n) is 3.10. The zero-order valence-electron chi connectivity index (χ0n) is 12.2. The second-order valence-electron chi connectivity index (χ2n) is 5.88. The average molecular weight is 288 g/mol. The molecule has 1 atom stereocenters. The van der Waals surface area contributed by atoms with Crippen molar-refractivity contribution in [3.05, 3.63) is 0 Å². The van der Waals surface area contributed by atoms with Crippen LogP contribution in [0, 0.1) is 0 Å². The molecule has 1 rings (SSSR count). The molecule has 0 saturated carbocycles. The fourth-order valence-electron chi connectivity index (χ4n) is 2.09. The van der Waals surface area contributed by atoms with E-state index in [9.17, 15) is 9.59 Å². The minimum Gasteiger partial charge on any atom is -0.481 e. The van der Waals surface area contributed by atoms with E-state index in [0.717, 1.165) is 18.8 Å². The number of hydrogen-bond donors (Lipinski definition) is 1. The van der Waals surface area contributed by atoms with Gasteiger partial charge in [-0.05, 0) is 20.8 Å².